The van der Waals surface area contributed by atoms with Crippen LogP contribution in [-0.4, -0.2) is 54.3 Å². The van der Waals surface area contributed by atoms with Crippen LogP contribution in [0.25, 0.3) is 0 Å². The van der Waals surface area contributed by atoms with Crippen LogP contribution in [0.4, 0.5) is 5.82 Å². The standard InChI is InChI=1S/C12H18ClN3O/c13-11-2-3-12(14-10-11)16-5-1-4-15(6-7-16)8-9-17/h2-3,10,17H,1,4-9H2. The molecule has 0 unspecified atom stereocenters. The second kappa shape index (κ2) is 6.19. The normalized spacial score (nSPS) is 18.1. The highest BCUT2D eigenvalue weighted by molar-refractivity contribution is 6.30. The first-order valence-corrected chi connectivity index (χ1v) is 6.37. The van der Waals surface area contributed by atoms with Gasteiger partial charge in [-0.2, -0.15) is 0 Å². The number of nitrogens with zero attached hydrogens (tertiary/aromatic N) is 3. The minimum atomic E-state index is 0.235. The second-order valence-electron chi connectivity index (χ2n) is 4.24. The van der Waals surface area contributed by atoms with E-state index >= 15 is 0 Å². The zero-order chi connectivity index (χ0) is 12.1. The van der Waals surface area contributed by atoms with Crippen molar-refractivity contribution >= 4 is 17.4 Å². The van der Waals surface area contributed by atoms with E-state index in [4.69, 9.17) is 16.7 Å². The highest BCUT2D eigenvalue weighted by Crippen LogP contribution is 2.16. The van der Waals surface area contributed by atoms with Crippen LogP contribution in [0.3, 0.4) is 0 Å². The molecule has 0 bridgehead atoms. The maximum atomic E-state index is 8.94. The number of aliphatic hydroxyl groups excluding tert-OH is 1. The van der Waals surface area contributed by atoms with Crippen LogP contribution >= 0.6 is 11.6 Å². The Hall–Kier alpha value is -0.840. The molecule has 1 aliphatic rings. The van der Waals surface area contributed by atoms with Gasteiger partial charge in [0.25, 0.3) is 0 Å². The van der Waals surface area contributed by atoms with E-state index in [9.17, 15) is 0 Å². The SMILES string of the molecule is OCCN1CCCN(c2ccc(Cl)cn2)CC1. The Kier molecular flexibility index (Phi) is 4.59. The van der Waals surface area contributed by atoms with Crippen LogP contribution in [0.5, 0.6) is 0 Å². The predicted octanol–water partition coefficient (Wildman–Crippen LogP) is 1.24. The molecule has 2 heterocycles. The van der Waals surface area contributed by atoms with Gasteiger partial charge in [0.2, 0.25) is 0 Å². The van der Waals surface area contributed by atoms with E-state index in [1.54, 1.807) is 6.20 Å². The minimum Gasteiger partial charge on any atom is -0.395 e. The fourth-order valence-corrected chi connectivity index (χ4v) is 2.23. The Bertz CT molecular complexity index is 344. The van der Waals surface area contributed by atoms with E-state index in [2.05, 4.69) is 14.8 Å². The number of rotatable bonds is 3. The van der Waals surface area contributed by atoms with Gasteiger partial charge in [0.15, 0.2) is 0 Å². The van der Waals surface area contributed by atoms with Gasteiger partial charge in [0.05, 0.1) is 11.6 Å². The van der Waals surface area contributed by atoms with Crippen LogP contribution in [0, 0.1) is 0 Å². The van der Waals surface area contributed by atoms with Crippen LogP contribution in [0.15, 0.2) is 18.3 Å². The van der Waals surface area contributed by atoms with Gasteiger partial charge >= 0.3 is 0 Å². The summed E-state index contributed by atoms with van der Waals surface area (Å²) in [7, 11) is 0. The molecule has 0 spiro atoms. The molecule has 1 fully saturated rings. The number of anilines is 1. The number of halogens is 1. The van der Waals surface area contributed by atoms with Crippen molar-refractivity contribution in [2.75, 3.05) is 44.2 Å². The van der Waals surface area contributed by atoms with Crippen LogP contribution < -0.4 is 4.90 Å². The molecule has 1 aromatic rings. The van der Waals surface area contributed by atoms with Crippen molar-refractivity contribution in [2.24, 2.45) is 0 Å². The molecule has 1 N–H and O–H groups in total. The summed E-state index contributed by atoms with van der Waals surface area (Å²) in [6.45, 7) is 4.99. The average molecular weight is 256 g/mol. The molecule has 5 heteroatoms. The minimum absolute atomic E-state index is 0.235. The van der Waals surface area contributed by atoms with Gasteiger partial charge in [0, 0.05) is 32.4 Å². The van der Waals surface area contributed by atoms with Gasteiger partial charge in [-0.3, -0.25) is 4.90 Å². The molecule has 0 saturated carbocycles. The maximum Gasteiger partial charge on any atom is 0.128 e. The van der Waals surface area contributed by atoms with E-state index in [0.29, 0.717) is 5.02 Å². The van der Waals surface area contributed by atoms with Crippen molar-refractivity contribution in [3.63, 3.8) is 0 Å². The van der Waals surface area contributed by atoms with Gasteiger partial charge in [-0.05, 0) is 25.1 Å². The molecule has 0 amide bonds. The Labute approximate surface area is 107 Å². The molecule has 1 saturated heterocycles. The molecule has 17 heavy (non-hydrogen) atoms. The lowest BCUT2D eigenvalue weighted by molar-refractivity contribution is 0.204. The van der Waals surface area contributed by atoms with Gasteiger partial charge in [0.1, 0.15) is 5.82 Å². The molecule has 0 radical (unpaired) electrons. The lowest BCUT2D eigenvalue weighted by Crippen LogP contribution is -2.32. The summed E-state index contributed by atoms with van der Waals surface area (Å²) in [5.41, 5.74) is 0. The first-order valence-electron chi connectivity index (χ1n) is 5.99. The molecule has 0 aromatic carbocycles. The maximum absolute atomic E-state index is 8.94. The molecule has 0 aliphatic carbocycles. The molecule has 0 atom stereocenters. The van der Waals surface area contributed by atoms with Crippen molar-refractivity contribution < 1.29 is 5.11 Å². The summed E-state index contributed by atoms with van der Waals surface area (Å²) in [4.78, 5) is 8.90. The molecule has 1 aromatic heterocycles. The largest absolute Gasteiger partial charge is 0.395 e. The third kappa shape index (κ3) is 3.56. The third-order valence-corrected chi connectivity index (χ3v) is 3.26. The zero-order valence-electron chi connectivity index (χ0n) is 9.85. The average Bonchev–Trinajstić information content (AvgIpc) is 2.56. The number of hydrogen-bond donors (Lipinski definition) is 1. The summed E-state index contributed by atoms with van der Waals surface area (Å²) in [6, 6.07) is 3.84. The van der Waals surface area contributed by atoms with E-state index in [-0.39, 0.29) is 6.61 Å². The highest BCUT2D eigenvalue weighted by Gasteiger charge is 2.15. The molecule has 1 aliphatic heterocycles. The number of aliphatic hydroxyl groups is 1. The number of hydrogen-bond acceptors (Lipinski definition) is 4. The van der Waals surface area contributed by atoms with Crippen LogP contribution in [0.1, 0.15) is 6.42 Å². The lowest BCUT2D eigenvalue weighted by Gasteiger charge is -2.22. The smallest absolute Gasteiger partial charge is 0.128 e. The molecular formula is C12H18ClN3O. The topological polar surface area (TPSA) is 39.6 Å². The molecule has 4 nitrogen and oxygen atoms in total. The van der Waals surface area contributed by atoms with Gasteiger partial charge in [-0.1, -0.05) is 11.6 Å². The van der Waals surface area contributed by atoms with Crippen molar-refractivity contribution in [1.82, 2.24) is 9.88 Å². The van der Waals surface area contributed by atoms with E-state index in [1.807, 2.05) is 12.1 Å². The molecular weight excluding hydrogens is 238 g/mol. The van der Waals surface area contributed by atoms with Crippen molar-refractivity contribution in [1.29, 1.82) is 0 Å². The third-order valence-electron chi connectivity index (χ3n) is 3.04. The van der Waals surface area contributed by atoms with Crippen molar-refractivity contribution in [3.05, 3.63) is 23.4 Å². The fourth-order valence-electron chi connectivity index (χ4n) is 2.12. The predicted molar refractivity (Wildman–Crippen MR) is 69.6 cm³/mol. The monoisotopic (exact) mass is 255 g/mol. The Morgan fingerprint density at radius 3 is 2.82 bits per heavy atom. The summed E-state index contributed by atoms with van der Waals surface area (Å²) >= 11 is 5.83. The van der Waals surface area contributed by atoms with Crippen LogP contribution in [0.2, 0.25) is 5.02 Å². The van der Waals surface area contributed by atoms with Gasteiger partial charge < -0.3 is 10.0 Å². The number of pyridine rings is 1. The fraction of sp³-hybridized carbons (Fsp3) is 0.583. The van der Waals surface area contributed by atoms with Gasteiger partial charge in [-0.25, -0.2) is 4.98 Å². The summed E-state index contributed by atoms with van der Waals surface area (Å²) < 4.78 is 0. The molecule has 2 rings (SSSR count). The van der Waals surface area contributed by atoms with E-state index in [0.717, 1.165) is 45.0 Å². The zero-order valence-corrected chi connectivity index (χ0v) is 10.6. The van der Waals surface area contributed by atoms with Crippen molar-refractivity contribution in [3.8, 4) is 0 Å². The highest BCUT2D eigenvalue weighted by atomic mass is 35.5. The summed E-state index contributed by atoms with van der Waals surface area (Å²) in [5, 5.41) is 9.61. The Balaban J connectivity index is 1.96. The molecule has 94 valence electrons. The van der Waals surface area contributed by atoms with E-state index in [1.165, 1.54) is 0 Å². The second-order valence-corrected chi connectivity index (χ2v) is 4.68. The van der Waals surface area contributed by atoms with E-state index < -0.39 is 0 Å². The van der Waals surface area contributed by atoms with Gasteiger partial charge in [-0.15, -0.1) is 0 Å². The quantitative estimate of drug-likeness (QED) is 0.882. The Morgan fingerprint density at radius 1 is 1.24 bits per heavy atom. The summed E-state index contributed by atoms with van der Waals surface area (Å²) in [5.74, 6) is 0.986. The van der Waals surface area contributed by atoms with Crippen molar-refractivity contribution in [2.45, 2.75) is 6.42 Å². The van der Waals surface area contributed by atoms with Crippen LogP contribution in [-0.2, 0) is 0 Å². The number of aromatic nitrogens is 1. The Morgan fingerprint density at radius 2 is 2.12 bits per heavy atom. The summed E-state index contributed by atoms with van der Waals surface area (Å²) in [6.07, 6.45) is 2.79. The first-order chi connectivity index (χ1) is 8.29. The lowest BCUT2D eigenvalue weighted by atomic mass is 10.3. The number of β-amino-alcohol motifs (C(OH)–C–C–N with tert-alkyl or cyclic N) is 1. The first kappa shape index (κ1) is 12.6.